The number of halogens is 1. The Morgan fingerprint density at radius 1 is 1.15 bits per heavy atom. The van der Waals surface area contributed by atoms with Gasteiger partial charge >= 0.3 is 0 Å². The number of nitrogens with zero attached hydrogens (tertiary/aromatic N) is 2. The summed E-state index contributed by atoms with van der Waals surface area (Å²) >= 11 is 0. The van der Waals surface area contributed by atoms with E-state index in [1.807, 2.05) is 6.07 Å². The van der Waals surface area contributed by atoms with Gasteiger partial charge in [0.2, 0.25) is 0 Å². The van der Waals surface area contributed by atoms with Crippen molar-refractivity contribution in [2.45, 2.75) is 64.8 Å². The second-order valence-electron chi connectivity index (χ2n) is 8.51. The number of hydrogen-bond donors (Lipinski definition) is 1. The highest BCUT2D eigenvalue weighted by molar-refractivity contribution is 5.54. The maximum atomic E-state index is 14.5. The van der Waals surface area contributed by atoms with Crippen molar-refractivity contribution < 1.29 is 9.13 Å². The largest absolute Gasteiger partial charge is 0.373 e. The van der Waals surface area contributed by atoms with Gasteiger partial charge in [-0.05, 0) is 52.7 Å². The van der Waals surface area contributed by atoms with Gasteiger partial charge in [-0.2, -0.15) is 0 Å². The number of morpholine rings is 1. The van der Waals surface area contributed by atoms with Gasteiger partial charge in [0, 0.05) is 56.1 Å². The zero-order valence-corrected chi connectivity index (χ0v) is 16.7. The lowest BCUT2D eigenvalue weighted by Crippen LogP contribution is -2.58. The van der Waals surface area contributed by atoms with E-state index in [2.05, 4.69) is 48.9 Å². The van der Waals surface area contributed by atoms with E-state index in [-0.39, 0.29) is 23.6 Å². The van der Waals surface area contributed by atoms with Crippen LogP contribution in [0.1, 0.15) is 46.1 Å². The van der Waals surface area contributed by atoms with Crippen molar-refractivity contribution in [3.8, 4) is 0 Å². The molecule has 0 aliphatic carbocycles. The van der Waals surface area contributed by atoms with Gasteiger partial charge in [0.05, 0.1) is 12.2 Å². The smallest absolute Gasteiger partial charge is 0.129 e. The summed E-state index contributed by atoms with van der Waals surface area (Å²) < 4.78 is 20.3. The average Bonchev–Trinajstić information content (AvgIpc) is 3.09. The van der Waals surface area contributed by atoms with Crippen LogP contribution in [0.25, 0.3) is 0 Å². The highest BCUT2D eigenvalue weighted by Crippen LogP contribution is 2.27. The molecular formula is C21H34FN3O. The predicted molar refractivity (Wildman–Crippen MR) is 105 cm³/mol. The van der Waals surface area contributed by atoms with E-state index >= 15 is 0 Å². The van der Waals surface area contributed by atoms with E-state index in [1.54, 1.807) is 6.07 Å². The van der Waals surface area contributed by atoms with Gasteiger partial charge in [0.25, 0.3) is 0 Å². The quantitative estimate of drug-likeness (QED) is 0.838. The zero-order chi connectivity index (χ0) is 18.7. The lowest BCUT2D eigenvalue weighted by molar-refractivity contribution is -0.0952. The van der Waals surface area contributed by atoms with Gasteiger partial charge in [0.1, 0.15) is 5.82 Å². The number of hydrogen-bond acceptors (Lipinski definition) is 4. The second kappa shape index (κ2) is 8.24. The Labute approximate surface area is 157 Å². The molecule has 0 saturated carbocycles. The summed E-state index contributed by atoms with van der Waals surface area (Å²) in [5.74, 6) is -0.103. The average molecular weight is 364 g/mol. The molecule has 4 nitrogen and oxygen atoms in total. The lowest BCUT2D eigenvalue weighted by atomic mass is 9.99. The normalized spacial score (nSPS) is 25.0. The van der Waals surface area contributed by atoms with Crippen LogP contribution in [0.4, 0.5) is 10.1 Å². The molecule has 0 amide bonds. The standard InChI is InChI=1S/C21H34FN3O/c1-16-13-25(14-17(2)26-16)21(3,4)15-23-12-18-19(22)8-7-9-20(18)24-10-5-6-11-24/h7-9,16-17,23H,5-6,10-15H2,1-4H3. The van der Waals surface area contributed by atoms with E-state index in [1.165, 1.54) is 12.8 Å². The number of anilines is 1. The fourth-order valence-corrected chi connectivity index (χ4v) is 4.25. The van der Waals surface area contributed by atoms with Gasteiger partial charge < -0.3 is 15.0 Å². The molecule has 0 spiro atoms. The van der Waals surface area contributed by atoms with Crippen LogP contribution >= 0.6 is 0 Å². The molecule has 1 aromatic rings. The van der Waals surface area contributed by atoms with Crippen LogP contribution in [-0.4, -0.2) is 55.4 Å². The van der Waals surface area contributed by atoms with Crippen molar-refractivity contribution in [3.05, 3.63) is 29.6 Å². The van der Waals surface area contributed by atoms with Crippen LogP contribution < -0.4 is 10.2 Å². The highest BCUT2D eigenvalue weighted by atomic mass is 19.1. The minimum atomic E-state index is -0.103. The van der Waals surface area contributed by atoms with Crippen LogP contribution in [0.3, 0.4) is 0 Å². The fourth-order valence-electron chi connectivity index (χ4n) is 4.25. The Kier molecular flexibility index (Phi) is 6.21. The summed E-state index contributed by atoms with van der Waals surface area (Å²) in [5, 5.41) is 3.52. The minimum absolute atomic E-state index is 0.00532. The van der Waals surface area contributed by atoms with E-state index in [4.69, 9.17) is 4.74 Å². The molecule has 2 unspecified atom stereocenters. The Hall–Kier alpha value is -1.17. The van der Waals surface area contributed by atoms with Crippen LogP contribution in [0.15, 0.2) is 18.2 Å². The zero-order valence-electron chi connectivity index (χ0n) is 16.7. The van der Waals surface area contributed by atoms with Crippen molar-refractivity contribution in [2.75, 3.05) is 37.6 Å². The minimum Gasteiger partial charge on any atom is -0.373 e. The lowest BCUT2D eigenvalue weighted by Gasteiger charge is -2.45. The Morgan fingerprint density at radius 2 is 1.81 bits per heavy atom. The summed E-state index contributed by atoms with van der Waals surface area (Å²) in [5.41, 5.74) is 1.86. The van der Waals surface area contributed by atoms with Gasteiger partial charge in [-0.15, -0.1) is 0 Å². The summed E-state index contributed by atoms with van der Waals surface area (Å²) in [7, 11) is 0. The molecule has 2 aliphatic heterocycles. The Morgan fingerprint density at radius 3 is 2.46 bits per heavy atom. The first-order valence-corrected chi connectivity index (χ1v) is 10.0. The Bertz CT molecular complexity index is 591. The molecule has 2 fully saturated rings. The fraction of sp³-hybridized carbons (Fsp3) is 0.714. The topological polar surface area (TPSA) is 27.7 Å². The summed E-state index contributed by atoms with van der Waals surface area (Å²) in [6.07, 6.45) is 2.91. The van der Waals surface area contributed by atoms with E-state index in [0.29, 0.717) is 6.54 Å². The van der Waals surface area contributed by atoms with Gasteiger partial charge in [-0.1, -0.05) is 6.07 Å². The molecule has 2 heterocycles. The molecule has 2 aliphatic rings. The summed E-state index contributed by atoms with van der Waals surface area (Å²) in [6.45, 7) is 14.1. The number of benzene rings is 1. The van der Waals surface area contributed by atoms with Crippen molar-refractivity contribution in [1.29, 1.82) is 0 Å². The van der Waals surface area contributed by atoms with Gasteiger partial charge in [-0.25, -0.2) is 4.39 Å². The van der Waals surface area contributed by atoms with Crippen LogP contribution in [0.2, 0.25) is 0 Å². The molecule has 0 aromatic heterocycles. The molecule has 0 bridgehead atoms. The summed E-state index contributed by atoms with van der Waals surface area (Å²) in [4.78, 5) is 4.80. The third-order valence-electron chi connectivity index (χ3n) is 5.68. The maximum absolute atomic E-state index is 14.5. The van der Waals surface area contributed by atoms with Crippen LogP contribution in [0.5, 0.6) is 0 Å². The molecule has 1 N–H and O–H groups in total. The number of nitrogens with one attached hydrogen (secondary N) is 1. The number of rotatable bonds is 6. The second-order valence-corrected chi connectivity index (χ2v) is 8.51. The molecule has 2 saturated heterocycles. The molecule has 0 radical (unpaired) electrons. The molecule has 1 aromatic carbocycles. The first-order valence-electron chi connectivity index (χ1n) is 10.0. The first-order chi connectivity index (χ1) is 12.4. The molecule has 146 valence electrons. The van der Waals surface area contributed by atoms with E-state index in [0.717, 1.165) is 44.0 Å². The van der Waals surface area contributed by atoms with Crippen LogP contribution in [-0.2, 0) is 11.3 Å². The SMILES string of the molecule is CC1CN(C(C)(C)CNCc2c(F)cccc2N2CCCC2)CC(C)O1. The van der Waals surface area contributed by atoms with E-state index < -0.39 is 0 Å². The van der Waals surface area contributed by atoms with Gasteiger partial charge in [-0.3, -0.25) is 4.90 Å². The molecule has 3 rings (SSSR count). The van der Waals surface area contributed by atoms with Gasteiger partial charge in [0.15, 0.2) is 0 Å². The third kappa shape index (κ3) is 4.56. The molecule has 26 heavy (non-hydrogen) atoms. The predicted octanol–water partition coefficient (Wildman–Crippen LogP) is 3.40. The third-order valence-corrected chi connectivity index (χ3v) is 5.68. The van der Waals surface area contributed by atoms with Crippen molar-refractivity contribution in [2.24, 2.45) is 0 Å². The van der Waals surface area contributed by atoms with E-state index in [9.17, 15) is 4.39 Å². The first kappa shape index (κ1) is 19.6. The maximum Gasteiger partial charge on any atom is 0.129 e. The van der Waals surface area contributed by atoms with Crippen molar-refractivity contribution in [1.82, 2.24) is 10.2 Å². The van der Waals surface area contributed by atoms with Crippen LogP contribution in [0, 0.1) is 5.82 Å². The molecule has 2 atom stereocenters. The van der Waals surface area contributed by atoms with Crippen molar-refractivity contribution in [3.63, 3.8) is 0 Å². The molecule has 5 heteroatoms. The molecular weight excluding hydrogens is 329 g/mol. The highest BCUT2D eigenvalue weighted by Gasteiger charge is 2.33. The van der Waals surface area contributed by atoms with Crippen molar-refractivity contribution >= 4 is 5.69 Å². The number of ether oxygens (including phenoxy) is 1. The summed E-state index contributed by atoms with van der Waals surface area (Å²) in [6, 6.07) is 5.46. The monoisotopic (exact) mass is 363 g/mol. The Balaban J connectivity index is 1.62.